The first-order valence-electron chi connectivity index (χ1n) is 9.09. The van der Waals surface area contributed by atoms with E-state index in [0.717, 1.165) is 5.56 Å². The number of hydrogen-bond acceptors (Lipinski definition) is 4. The highest BCUT2D eigenvalue weighted by atomic mass is 35.5. The highest BCUT2D eigenvalue weighted by molar-refractivity contribution is 6.44. The van der Waals surface area contributed by atoms with Crippen molar-refractivity contribution < 1.29 is 9.53 Å². The van der Waals surface area contributed by atoms with Gasteiger partial charge in [-0.05, 0) is 53.6 Å². The van der Waals surface area contributed by atoms with Crippen molar-refractivity contribution in [3.05, 3.63) is 99.0 Å². The maximum absolute atomic E-state index is 12.5. The monoisotopic (exact) mass is 447 g/mol. The zero-order chi connectivity index (χ0) is 22.2. The molecule has 0 aliphatic rings. The molecule has 3 aromatic carbocycles. The van der Waals surface area contributed by atoms with Gasteiger partial charge < -0.3 is 10.1 Å². The minimum absolute atomic E-state index is 0.102. The molecule has 1 amide bonds. The van der Waals surface area contributed by atoms with E-state index in [-0.39, 0.29) is 17.2 Å². The van der Waals surface area contributed by atoms with Gasteiger partial charge in [-0.15, -0.1) is 0 Å². The van der Waals surface area contributed by atoms with Gasteiger partial charge in [0.2, 0.25) is 0 Å². The lowest BCUT2D eigenvalue weighted by Gasteiger charge is -2.09. The standard InChI is InChI=1S/C24H15Cl2N3O2/c25-21-8-3-9-22(23(21)26)29-24(30)19(14-28)11-16-4-2-7-20(12-16)31-15-18-6-1-5-17(10-18)13-27/h1-12H,15H2,(H,29,30)/b19-11+. The van der Waals surface area contributed by atoms with Crippen LogP contribution in [0.2, 0.25) is 10.0 Å². The molecule has 0 aliphatic heterocycles. The second kappa shape index (κ2) is 10.3. The minimum atomic E-state index is -0.605. The van der Waals surface area contributed by atoms with Gasteiger partial charge in [-0.3, -0.25) is 4.79 Å². The smallest absolute Gasteiger partial charge is 0.266 e. The number of carbonyl (C=O) groups is 1. The molecular weight excluding hydrogens is 433 g/mol. The normalized spacial score (nSPS) is 10.6. The van der Waals surface area contributed by atoms with Crippen LogP contribution in [0.4, 0.5) is 5.69 Å². The summed E-state index contributed by atoms with van der Waals surface area (Å²) in [6, 6.07) is 22.9. The van der Waals surface area contributed by atoms with Gasteiger partial charge in [0, 0.05) is 0 Å². The Labute approximate surface area is 189 Å². The number of carbonyl (C=O) groups excluding carboxylic acids is 1. The molecule has 0 aliphatic carbocycles. The Bertz CT molecular complexity index is 1240. The molecule has 1 N–H and O–H groups in total. The highest BCUT2D eigenvalue weighted by Gasteiger charge is 2.13. The Balaban J connectivity index is 1.74. The Morgan fingerprint density at radius 2 is 1.81 bits per heavy atom. The van der Waals surface area contributed by atoms with Crippen LogP contribution in [-0.4, -0.2) is 5.91 Å². The van der Waals surface area contributed by atoms with Crippen LogP contribution >= 0.6 is 23.2 Å². The van der Waals surface area contributed by atoms with Gasteiger partial charge in [0.05, 0.1) is 27.4 Å². The van der Waals surface area contributed by atoms with Crippen LogP contribution in [0.5, 0.6) is 5.75 Å². The lowest BCUT2D eigenvalue weighted by Crippen LogP contribution is -2.13. The zero-order valence-corrected chi connectivity index (χ0v) is 17.6. The van der Waals surface area contributed by atoms with Gasteiger partial charge in [-0.1, -0.05) is 53.5 Å². The minimum Gasteiger partial charge on any atom is -0.489 e. The number of nitriles is 2. The number of hydrogen-bond donors (Lipinski definition) is 1. The summed E-state index contributed by atoms with van der Waals surface area (Å²) in [5, 5.41) is 21.5. The topological polar surface area (TPSA) is 85.9 Å². The van der Waals surface area contributed by atoms with E-state index in [9.17, 15) is 10.1 Å². The lowest BCUT2D eigenvalue weighted by atomic mass is 10.1. The fourth-order valence-electron chi connectivity index (χ4n) is 2.70. The largest absolute Gasteiger partial charge is 0.489 e. The molecule has 0 radical (unpaired) electrons. The van der Waals surface area contributed by atoms with Crippen LogP contribution in [0.15, 0.2) is 72.3 Å². The Morgan fingerprint density at radius 3 is 2.58 bits per heavy atom. The van der Waals surface area contributed by atoms with Crippen LogP contribution in [0.3, 0.4) is 0 Å². The van der Waals surface area contributed by atoms with E-state index in [0.29, 0.717) is 27.6 Å². The van der Waals surface area contributed by atoms with Gasteiger partial charge >= 0.3 is 0 Å². The molecule has 0 bridgehead atoms. The van der Waals surface area contributed by atoms with Crippen molar-refractivity contribution in [2.24, 2.45) is 0 Å². The van der Waals surface area contributed by atoms with Crippen molar-refractivity contribution in [2.45, 2.75) is 6.61 Å². The maximum Gasteiger partial charge on any atom is 0.266 e. The van der Waals surface area contributed by atoms with Crippen molar-refractivity contribution in [1.82, 2.24) is 0 Å². The fraction of sp³-hybridized carbons (Fsp3) is 0.0417. The number of nitrogens with zero attached hydrogens (tertiary/aromatic N) is 2. The molecular formula is C24H15Cl2N3O2. The molecule has 7 heteroatoms. The van der Waals surface area contributed by atoms with Crippen molar-refractivity contribution in [1.29, 1.82) is 10.5 Å². The first kappa shape index (κ1) is 21.9. The Hall–Kier alpha value is -3.77. The van der Waals surface area contributed by atoms with Crippen molar-refractivity contribution in [3.63, 3.8) is 0 Å². The molecule has 0 unspecified atom stereocenters. The van der Waals surface area contributed by atoms with E-state index >= 15 is 0 Å². The summed E-state index contributed by atoms with van der Waals surface area (Å²) in [6.45, 7) is 0.279. The molecule has 0 fully saturated rings. The first-order valence-corrected chi connectivity index (χ1v) is 9.85. The predicted molar refractivity (Wildman–Crippen MR) is 121 cm³/mol. The van der Waals surface area contributed by atoms with Crippen LogP contribution in [0, 0.1) is 22.7 Å². The van der Waals surface area contributed by atoms with E-state index in [2.05, 4.69) is 11.4 Å². The van der Waals surface area contributed by atoms with Gasteiger partial charge in [0.15, 0.2) is 0 Å². The average Bonchev–Trinajstić information content (AvgIpc) is 2.79. The highest BCUT2D eigenvalue weighted by Crippen LogP contribution is 2.30. The number of halogens is 2. The summed E-state index contributed by atoms with van der Waals surface area (Å²) >= 11 is 12.0. The second-order valence-corrected chi connectivity index (χ2v) is 7.18. The van der Waals surface area contributed by atoms with E-state index in [1.165, 1.54) is 6.08 Å². The molecule has 3 aromatic rings. The third-order valence-electron chi connectivity index (χ3n) is 4.20. The summed E-state index contributed by atoms with van der Waals surface area (Å²) in [7, 11) is 0. The SMILES string of the molecule is N#C/C(=C\c1cccc(OCc2cccc(C#N)c2)c1)C(=O)Nc1cccc(Cl)c1Cl. The second-order valence-electron chi connectivity index (χ2n) is 6.40. The van der Waals surface area contributed by atoms with Gasteiger partial charge in [0.1, 0.15) is 24.0 Å². The number of nitrogens with one attached hydrogen (secondary N) is 1. The summed E-state index contributed by atoms with van der Waals surface area (Å²) in [5.74, 6) is -0.0435. The van der Waals surface area contributed by atoms with Crippen LogP contribution in [-0.2, 0) is 11.4 Å². The Morgan fingerprint density at radius 1 is 1.03 bits per heavy atom. The van der Waals surface area contributed by atoms with E-state index < -0.39 is 5.91 Å². The summed E-state index contributed by atoms with van der Waals surface area (Å²) in [4.78, 5) is 12.5. The number of rotatable bonds is 6. The lowest BCUT2D eigenvalue weighted by molar-refractivity contribution is -0.112. The molecule has 0 atom stereocenters. The molecule has 0 heterocycles. The van der Waals surface area contributed by atoms with Gasteiger partial charge in [-0.25, -0.2) is 0 Å². The fourth-order valence-corrected chi connectivity index (χ4v) is 3.04. The number of anilines is 1. The van der Waals surface area contributed by atoms with Gasteiger partial charge in [-0.2, -0.15) is 10.5 Å². The molecule has 3 rings (SSSR count). The quantitative estimate of drug-likeness (QED) is 0.371. The number of ether oxygens (including phenoxy) is 1. The summed E-state index contributed by atoms with van der Waals surface area (Å²) in [5.41, 5.74) is 2.25. The number of benzene rings is 3. The van der Waals surface area contributed by atoms with Crippen molar-refractivity contribution >= 4 is 40.9 Å². The van der Waals surface area contributed by atoms with Crippen molar-refractivity contribution in [3.8, 4) is 17.9 Å². The van der Waals surface area contributed by atoms with E-state index in [4.69, 9.17) is 33.2 Å². The van der Waals surface area contributed by atoms with Gasteiger partial charge in [0.25, 0.3) is 5.91 Å². The molecule has 0 aromatic heterocycles. The Kier molecular flexibility index (Phi) is 7.30. The average molecular weight is 448 g/mol. The van der Waals surface area contributed by atoms with Crippen LogP contribution in [0.25, 0.3) is 6.08 Å². The summed E-state index contributed by atoms with van der Waals surface area (Å²) in [6.07, 6.45) is 1.46. The third-order valence-corrected chi connectivity index (χ3v) is 5.01. The molecule has 31 heavy (non-hydrogen) atoms. The molecule has 0 saturated heterocycles. The molecule has 5 nitrogen and oxygen atoms in total. The van der Waals surface area contributed by atoms with Crippen LogP contribution in [0.1, 0.15) is 16.7 Å². The third kappa shape index (κ3) is 5.87. The molecule has 0 spiro atoms. The van der Waals surface area contributed by atoms with Crippen molar-refractivity contribution in [2.75, 3.05) is 5.32 Å². The summed E-state index contributed by atoms with van der Waals surface area (Å²) < 4.78 is 5.78. The molecule has 152 valence electrons. The first-order chi connectivity index (χ1) is 15.0. The zero-order valence-electron chi connectivity index (χ0n) is 16.1. The van der Waals surface area contributed by atoms with E-state index in [1.54, 1.807) is 60.7 Å². The predicted octanol–water partition coefficient (Wildman–Crippen LogP) is 5.99. The number of amides is 1. The maximum atomic E-state index is 12.5. The molecule has 0 saturated carbocycles. The van der Waals surface area contributed by atoms with E-state index in [1.807, 2.05) is 12.1 Å². The van der Waals surface area contributed by atoms with Crippen LogP contribution < -0.4 is 10.1 Å².